The van der Waals surface area contributed by atoms with Gasteiger partial charge in [-0.15, -0.1) is 0 Å². The second kappa shape index (κ2) is 7.50. The molecule has 128 valence electrons. The first kappa shape index (κ1) is 18.7. The van der Waals surface area contributed by atoms with Crippen LogP contribution in [0.3, 0.4) is 0 Å². The molecule has 0 N–H and O–H groups in total. The summed E-state index contributed by atoms with van der Waals surface area (Å²) >= 11 is 0. The molecule has 1 nitrogen and oxygen atoms in total. The van der Waals surface area contributed by atoms with E-state index in [-0.39, 0.29) is 11.1 Å². The van der Waals surface area contributed by atoms with Crippen molar-refractivity contribution in [1.82, 2.24) is 0 Å². The maximum absolute atomic E-state index is 7.02. The van der Waals surface area contributed by atoms with Crippen molar-refractivity contribution < 1.29 is 4.43 Å². The molecule has 2 aromatic rings. The Kier molecular flexibility index (Phi) is 5.84. The third-order valence-corrected chi connectivity index (χ3v) is 9.70. The Balaban J connectivity index is 2.73. The highest BCUT2D eigenvalue weighted by atomic mass is 28.4. The van der Waals surface area contributed by atoms with Crippen molar-refractivity contribution in [2.45, 2.75) is 52.2 Å². The summed E-state index contributed by atoms with van der Waals surface area (Å²) in [5, 5.41) is 2.66. The molecule has 0 aliphatic carbocycles. The molecule has 0 saturated heterocycles. The first-order valence-electron chi connectivity index (χ1n) is 8.77. The maximum atomic E-state index is 7.02. The molecule has 0 fully saturated rings. The molecule has 0 saturated carbocycles. The van der Waals surface area contributed by atoms with Gasteiger partial charge >= 0.3 is 0 Å². The molecular weight excluding hydrogens is 308 g/mol. The molecule has 0 spiro atoms. The SMILES string of the molecule is C=C(C)[C@@H](CC)O[Si](c1ccccc1)(c1ccccc1)C(C)(C)C. The first-order valence-corrected chi connectivity index (χ1v) is 10.7. The summed E-state index contributed by atoms with van der Waals surface area (Å²) < 4.78 is 7.02. The van der Waals surface area contributed by atoms with E-state index in [1.807, 2.05) is 0 Å². The molecule has 2 rings (SSSR count). The van der Waals surface area contributed by atoms with Crippen LogP contribution in [-0.4, -0.2) is 14.4 Å². The lowest BCUT2D eigenvalue weighted by molar-refractivity contribution is 0.217. The van der Waals surface area contributed by atoms with Crippen LogP contribution >= 0.6 is 0 Å². The van der Waals surface area contributed by atoms with Gasteiger partial charge in [-0.3, -0.25) is 0 Å². The highest BCUT2D eigenvalue weighted by Crippen LogP contribution is 2.38. The van der Waals surface area contributed by atoms with E-state index in [9.17, 15) is 0 Å². The fraction of sp³-hybridized carbons (Fsp3) is 0.364. The molecule has 0 aliphatic rings. The quantitative estimate of drug-likeness (QED) is 0.537. The van der Waals surface area contributed by atoms with Crippen molar-refractivity contribution >= 4 is 18.7 Å². The molecule has 0 aromatic heterocycles. The van der Waals surface area contributed by atoms with Crippen LogP contribution in [0.4, 0.5) is 0 Å². The van der Waals surface area contributed by atoms with Crippen molar-refractivity contribution in [2.75, 3.05) is 0 Å². The topological polar surface area (TPSA) is 9.23 Å². The molecule has 2 heteroatoms. The summed E-state index contributed by atoms with van der Waals surface area (Å²) in [6.07, 6.45) is 1.02. The Bertz CT molecular complexity index is 616. The van der Waals surface area contributed by atoms with E-state index in [1.54, 1.807) is 0 Å². The van der Waals surface area contributed by atoms with Gasteiger partial charge in [0.1, 0.15) is 0 Å². The van der Waals surface area contributed by atoms with E-state index < -0.39 is 8.32 Å². The average molecular weight is 339 g/mol. The zero-order valence-corrected chi connectivity index (χ0v) is 16.7. The van der Waals surface area contributed by atoms with Gasteiger partial charge in [-0.1, -0.05) is 101 Å². The Morgan fingerprint density at radius 1 is 0.958 bits per heavy atom. The second-order valence-corrected chi connectivity index (χ2v) is 11.8. The standard InChI is InChI=1S/C22H30OSi/c1-7-21(18(2)3)23-24(22(4,5)6,19-14-10-8-11-15-19)20-16-12-9-13-17-20/h8-17,21H,2,7H2,1,3-6H3/t21-/m1/s1. The summed E-state index contributed by atoms with van der Waals surface area (Å²) in [5.74, 6) is 0. The first-order chi connectivity index (χ1) is 11.3. The molecule has 0 heterocycles. The van der Waals surface area contributed by atoms with Crippen LogP contribution in [0, 0.1) is 0 Å². The number of benzene rings is 2. The van der Waals surface area contributed by atoms with Gasteiger partial charge in [-0.05, 0) is 28.8 Å². The highest BCUT2D eigenvalue weighted by Gasteiger charge is 2.51. The van der Waals surface area contributed by atoms with Crippen molar-refractivity contribution in [1.29, 1.82) is 0 Å². The lowest BCUT2D eigenvalue weighted by atomic mass is 10.1. The minimum absolute atomic E-state index is 0.0125. The summed E-state index contributed by atoms with van der Waals surface area (Å²) in [7, 11) is -2.46. The number of hydrogen-bond donors (Lipinski definition) is 0. The summed E-state index contributed by atoms with van der Waals surface area (Å²) in [4.78, 5) is 0. The molecule has 0 bridgehead atoms. The van der Waals surface area contributed by atoms with Crippen molar-refractivity contribution in [3.63, 3.8) is 0 Å². The fourth-order valence-corrected chi connectivity index (χ4v) is 8.25. The highest BCUT2D eigenvalue weighted by molar-refractivity contribution is 6.99. The molecule has 0 unspecified atom stereocenters. The molecule has 1 atom stereocenters. The average Bonchev–Trinajstić information content (AvgIpc) is 2.56. The molecule has 24 heavy (non-hydrogen) atoms. The van der Waals surface area contributed by atoms with E-state index in [4.69, 9.17) is 4.43 Å². The monoisotopic (exact) mass is 338 g/mol. The van der Waals surface area contributed by atoms with Crippen molar-refractivity contribution in [3.05, 3.63) is 72.8 Å². The minimum Gasteiger partial charge on any atom is -0.401 e. The van der Waals surface area contributed by atoms with Crippen LogP contribution in [0.2, 0.25) is 5.04 Å². The molecule has 0 radical (unpaired) electrons. The predicted octanol–water partition coefficient (Wildman–Crippen LogP) is 4.92. The van der Waals surface area contributed by atoms with E-state index in [0.29, 0.717) is 0 Å². The Morgan fingerprint density at radius 2 is 1.38 bits per heavy atom. The van der Waals surface area contributed by atoms with Gasteiger partial charge < -0.3 is 4.43 Å². The normalized spacial score (nSPS) is 13.5. The molecule has 2 aromatic carbocycles. The Labute approximate surface area is 148 Å². The largest absolute Gasteiger partial charge is 0.401 e. The summed E-state index contributed by atoms with van der Waals surface area (Å²) in [6.45, 7) is 15.4. The van der Waals surface area contributed by atoms with Crippen LogP contribution < -0.4 is 10.4 Å². The van der Waals surface area contributed by atoms with Gasteiger partial charge in [0, 0.05) is 0 Å². The number of hydrogen-bond acceptors (Lipinski definition) is 1. The molecular formula is C22H30OSi. The predicted molar refractivity (Wildman–Crippen MR) is 108 cm³/mol. The van der Waals surface area contributed by atoms with Crippen molar-refractivity contribution in [3.8, 4) is 0 Å². The van der Waals surface area contributed by atoms with Crippen LogP contribution in [-0.2, 0) is 4.43 Å². The van der Waals surface area contributed by atoms with E-state index in [1.165, 1.54) is 10.4 Å². The van der Waals surface area contributed by atoms with Gasteiger partial charge in [-0.2, -0.15) is 0 Å². The third kappa shape index (κ3) is 3.55. The second-order valence-electron chi connectivity index (χ2n) is 7.52. The number of rotatable bonds is 6. The smallest absolute Gasteiger partial charge is 0.261 e. The lowest BCUT2D eigenvalue weighted by Gasteiger charge is -2.45. The van der Waals surface area contributed by atoms with Gasteiger partial charge in [0.25, 0.3) is 8.32 Å². The molecule has 0 aliphatic heterocycles. The Morgan fingerprint density at radius 3 is 1.67 bits per heavy atom. The fourth-order valence-electron chi connectivity index (χ4n) is 3.44. The van der Waals surface area contributed by atoms with Crippen LogP contribution in [0.15, 0.2) is 72.8 Å². The molecule has 0 amide bonds. The zero-order valence-electron chi connectivity index (χ0n) is 15.7. The minimum atomic E-state index is -2.46. The zero-order chi connectivity index (χ0) is 17.8. The summed E-state index contributed by atoms with van der Waals surface area (Å²) in [5.41, 5.74) is 1.10. The van der Waals surface area contributed by atoms with Gasteiger partial charge in [0.15, 0.2) is 0 Å². The van der Waals surface area contributed by atoms with Gasteiger partial charge in [-0.25, -0.2) is 0 Å². The Hall–Kier alpha value is -1.64. The van der Waals surface area contributed by atoms with Gasteiger partial charge in [0.05, 0.1) is 6.10 Å². The van der Waals surface area contributed by atoms with E-state index >= 15 is 0 Å². The van der Waals surface area contributed by atoms with Gasteiger partial charge in [0.2, 0.25) is 0 Å². The summed E-state index contributed by atoms with van der Waals surface area (Å²) in [6, 6.07) is 21.6. The van der Waals surface area contributed by atoms with E-state index in [2.05, 4.69) is 102 Å². The lowest BCUT2D eigenvalue weighted by Crippen LogP contribution is -2.67. The van der Waals surface area contributed by atoms with Crippen LogP contribution in [0.25, 0.3) is 0 Å². The van der Waals surface area contributed by atoms with Crippen LogP contribution in [0.1, 0.15) is 41.0 Å². The van der Waals surface area contributed by atoms with Crippen LogP contribution in [0.5, 0.6) is 0 Å². The van der Waals surface area contributed by atoms with Crippen molar-refractivity contribution in [2.24, 2.45) is 0 Å². The third-order valence-electron chi connectivity index (χ3n) is 4.66. The van der Waals surface area contributed by atoms with E-state index in [0.717, 1.165) is 12.0 Å². The maximum Gasteiger partial charge on any atom is 0.261 e.